The van der Waals surface area contributed by atoms with Gasteiger partial charge in [0.05, 0.1) is 26.3 Å². The van der Waals surface area contributed by atoms with Crippen LogP contribution in [0.5, 0.6) is 11.5 Å². The molecule has 3 aromatic carbocycles. The van der Waals surface area contributed by atoms with Gasteiger partial charge in [-0.1, -0.05) is 30.3 Å². The van der Waals surface area contributed by atoms with Gasteiger partial charge >= 0.3 is 0 Å². The molecule has 1 atom stereocenters. The molecule has 1 amide bonds. The maximum absolute atomic E-state index is 13.8. The lowest BCUT2D eigenvalue weighted by atomic mass is 10.0. The summed E-state index contributed by atoms with van der Waals surface area (Å²) >= 11 is 1.73. The highest BCUT2D eigenvalue weighted by Crippen LogP contribution is 2.42. The first-order valence-corrected chi connectivity index (χ1v) is 14.5. The van der Waals surface area contributed by atoms with Crippen LogP contribution in [-0.4, -0.2) is 53.1 Å². The number of carbonyl (C=O) groups is 1. The van der Waals surface area contributed by atoms with Crippen LogP contribution < -0.4 is 9.47 Å². The van der Waals surface area contributed by atoms with Crippen molar-refractivity contribution < 1.29 is 19.0 Å². The zero-order valence-electron chi connectivity index (χ0n) is 22.0. The quantitative estimate of drug-likeness (QED) is 0.258. The lowest BCUT2D eigenvalue weighted by Crippen LogP contribution is -2.32. The molecule has 0 N–H and O–H groups in total. The van der Waals surface area contributed by atoms with Gasteiger partial charge in [-0.15, -0.1) is 11.3 Å². The molecule has 0 aliphatic carbocycles. The number of amides is 1. The second-order valence-corrected chi connectivity index (χ2v) is 11.1. The van der Waals surface area contributed by atoms with Crippen LogP contribution in [0.2, 0.25) is 0 Å². The molecule has 7 rings (SSSR count). The standard InChI is InChI=1S/C32H29N3O4S/c36-32(23-6-3-5-22(15-23)18-35-11-4-10-33-35)34-12-14-38-31-25(19-34)16-24(17-29(31)39-26-9-13-37-20-26)28-21-40-30-8-2-1-7-27(28)30/h1-8,10-11,15-17,21,26H,9,12-14,18-20H2. The summed E-state index contributed by atoms with van der Waals surface area (Å²) in [6, 6.07) is 22.4. The van der Waals surface area contributed by atoms with Gasteiger partial charge in [-0.2, -0.15) is 5.10 Å². The van der Waals surface area contributed by atoms with Crippen LogP contribution in [0.25, 0.3) is 21.2 Å². The maximum atomic E-state index is 13.8. The average Bonchev–Trinajstić information content (AvgIpc) is 3.74. The molecular formula is C32H29N3O4S. The lowest BCUT2D eigenvalue weighted by molar-refractivity contribution is 0.0732. The minimum Gasteiger partial charge on any atom is -0.487 e. The van der Waals surface area contributed by atoms with Crippen molar-refractivity contribution in [3.63, 3.8) is 0 Å². The van der Waals surface area contributed by atoms with Crippen molar-refractivity contribution in [1.29, 1.82) is 0 Å². The maximum Gasteiger partial charge on any atom is 0.254 e. The third-order valence-corrected chi connectivity index (χ3v) is 8.40. The smallest absolute Gasteiger partial charge is 0.254 e. The number of thiophene rings is 1. The van der Waals surface area contributed by atoms with Gasteiger partial charge in [-0.3, -0.25) is 9.48 Å². The van der Waals surface area contributed by atoms with Gasteiger partial charge in [0.15, 0.2) is 11.5 Å². The van der Waals surface area contributed by atoms with Crippen LogP contribution in [0.1, 0.15) is 27.9 Å². The zero-order chi connectivity index (χ0) is 26.9. The second-order valence-electron chi connectivity index (χ2n) is 10.2. The lowest BCUT2D eigenvalue weighted by Gasteiger charge is -2.21. The first kappa shape index (κ1) is 24.9. The number of fused-ring (bicyclic) bond motifs is 2. The van der Waals surface area contributed by atoms with Gasteiger partial charge in [0.25, 0.3) is 5.91 Å². The number of hydrogen-bond acceptors (Lipinski definition) is 6. The summed E-state index contributed by atoms with van der Waals surface area (Å²) in [5.41, 5.74) is 4.85. The van der Waals surface area contributed by atoms with E-state index in [9.17, 15) is 4.79 Å². The number of hydrogen-bond donors (Lipinski definition) is 0. The predicted molar refractivity (Wildman–Crippen MR) is 155 cm³/mol. The number of benzene rings is 3. The second kappa shape index (κ2) is 10.8. The fraction of sp³-hybridized carbons (Fsp3) is 0.250. The Hall–Kier alpha value is -4.14. The van der Waals surface area contributed by atoms with Crippen molar-refractivity contribution in [2.24, 2.45) is 0 Å². The molecule has 5 aromatic rings. The summed E-state index contributed by atoms with van der Waals surface area (Å²) in [4.78, 5) is 15.6. The van der Waals surface area contributed by atoms with Crippen LogP contribution >= 0.6 is 11.3 Å². The number of carbonyl (C=O) groups excluding carboxylic acids is 1. The number of nitrogens with zero attached hydrogens (tertiary/aromatic N) is 3. The zero-order valence-corrected chi connectivity index (χ0v) is 22.8. The third kappa shape index (κ3) is 4.96. The van der Waals surface area contributed by atoms with Crippen molar-refractivity contribution >= 4 is 27.3 Å². The third-order valence-electron chi connectivity index (χ3n) is 7.44. The van der Waals surface area contributed by atoms with Crippen molar-refractivity contribution in [3.05, 3.63) is 101 Å². The normalized spacial score (nSPS) is 16.9. The molecular weight excluding hydrogens is 522 g/mol. The van der Waals surface area contributed by atoms with Crippen molar-refractivity contribution in [3.8, 4) is 22.6 Å². The van der Waals surface area contributed by atoms with Crippen molar-refractivity contribution in [2.75, 3.05) is 26.4 Å². The molecule has 0 spiro atoms. The van der Waals surface area contributed by atoms with Gasteiger partial charge in [-0.25, -0.2) is 0 Å². The Bertz CT molecular complexity index is 1660. The summed E-state index contributed by atoms with van der Waals surface area (Å²) in [6.07, 6.45) is 4.51. The number of aromatic nitrogens is 2. The topological polar surface area (TPSA) is 65.8 Å². The molecule has 202 valence electrons. The van der Waals surface area contributed by atoms with Gasteiger partial charge in [0.2, 0.25) is 0 Å². The highest BCUT2D eigenvalue weighted by molar-refractivity contribution is 7.17. The molecule has 0 radical (unpaired) electrons. The fourth-order valence-electron chi connectivity index (χ4n) is 5.45. The van der Waals surface area contributed by atoms with Crippen LogP contribution in [0, 0.1) is 0 Å². The molecule has 2 aliphatic rings. The van der Waals surface area contributed by atoms with Gasteiger partial charge in [0, 0.05) is 52.1 Å². The Labute approximate surface area is 236 Å². The summed E-state index contributed by atoms with van der Waals surface area (Å²) < 4.78 is 21.4. The Balaban J connectivity index is 1.23. The number of rotatable bonds is 6. The van der Waals surface area contributed by atoms with E-state index in [-0.39, 0.29) is 12.0 Å². The minimum absolute atomic E-state index is 0.0133. The molecule has 8 heteroatoms. The first-order valence-electron chi connectivity index (χ1n) is 13.6. The van der Waals surface area contributed by atoms with E-state index in [0.29, 0.717) is 50.8 Å². The molecule has 0 saturated carbocycles. The average molecular weight is 552 g/mol. The fourth-order valence-corrected chi connectivity index (χ4v) is 6.42. The highest BCUT2D eigenvalue weighted by Gasteiger charge is 2.27. The monoisotopic (exact) mass is 551 g/mol. The first-order chi connectivity index (χ1) is 19.7. The Morgan fingerprint density at radius 2 is 2.02 bits per heavy atom. The van der Waals surface area contributed by atoms with Crippen LogP contribution in [0.15, 0.2) is 84.5 Å². The predicted octanol–water partition coefficient (Wildman–Crippen LogP) is 6.02. The molecule has 7 nitrogen and oxygen atoms in total. The van der Waals surface area contributed by atoms with Gasteiger partial charge in [0.1, 0.15) is 12.7 Å². The SMILES string of the molecule is O=C(c1cccc(Cn2cccn2)c1)N1CCOc2c(cc(-c3csc4ccccc34)cc2OC2CCOC2)C1. The van der Waals surface area contributed by atoms with E-state index in [1.807, 2.05) is 46.1 Å². The number of ether oxygens (including phenoxy) is 3. The summed E-state index contributed by atoms with van der Waals surface area (Å²) in [7, 11) is 0. The largest absolute Gasteiger partial charge is 0.487 e. The molecule has 2 aromatic heterocycles. The van der Waals surface area contributed by atoms with E-state index in [2.05, 4.69) is 46.9 Å². The summed E-state index contributed by atoms with van der Waals surface area (Å²) in [5, 5.41) is 7.69. The molecule has 40 heavy (non-hydrogen) atoms. The Morgan fingerprint density at radius 1 is 1.07 bits per heavy atom. The summed E-state index contributed by atoms with van der Waals surface area (Å²) in [5.74, 6) is 1.42. The molecule has 1 unspecified atom stereocenters. The van der Waals surface area contributed by atoms with Crippen LogP contribution in [0.3, 0.4) is 0 Å². The molecule has 1 saturated heterocycles. The van der Waals surface area contributed by atoms with Crippen LogP contribution in [-0.2, 0) is 17.8 Å². The minimum atomic E-state index is -0.0168. The highest BCUT2D eigenvalue weighted by atomic mass is 32.1. The Kier molecular flexibility index (Phi) is 6.71. The van der Waals surface area contributed by atoms with E-state index in [1.54, 1.807) is 17.5 Å². The van der Waals surface area contributed by atoms with E-state index in [4.69, 9.17) is 14.2 Å². The van der Waals surface area contributed by atoms with E-state index < -0.39 is 0 Å². The van der Waals surface area contributed by atoms with Crippen molar-refractivity contribution in [1.82, 2.24) is 14.7 Å². The van der Waals surface area contributed by atoms with Gasteiger partial charge < -0.3 is 19.1 Å². The molecule has 1 fully saturated rings. The summed E-state index contributed by atoms with van der Waals surface area (Å²) in [6.45, 7) is 3.20. The van der Waals surface area contributed by atoms with E-state index in [1.165, 1.54) is 10.1 Å². The molecule has 0 bridgehead atoms. The Morgan fingerprint density at radius 3 is 2.90 bits per heavy atom. The molecule has 4 heterocycles. The van der Waals surface area contributed by atoms with Crippen molar-refractivity contribution in [2.45, 2.75) is 25.6 Å². The molecule has 2 aliphatic heterocycles. The van der Waals surface area contributed by atoms with Gasteiger partial charge in [-0.05, 0) is 52.9 Å². The van der Waals surface area contributed by atoms with E-state index >= 15 is 0 Å². The van der Waals surface area contributed by atoms with Crippen LogP contribution in [0.4, 0.5) is 0 Å². The van der Waals surface area contributed by atoms with E-state index in [0.717, 1.165) is 34.4 Å².